The summed E-state index contributed by atoms with van der Waals surface area (Å²) in [6.07, 6.45) is 0.865. The molecular formula is C10H14BrNO. The molecule has 3 N–H and O–H groups in total. The van der Waals surface area contributed by atoms with Gasteiger partial charge in [-0.25, -0.2) is 0 Å². The van der Waals surface area contributed by atoms with Crippen molar-refractivity contribution in [2.45, 2.75) is 25.8 Å². The van der Waals surface area contributed by atoms with Crippen molar-refractivity contribution in [1.82, 2.24) is 0 Å². The molecular weight excluding hydrogens is 230 g/mol. The SMILES string of the molecule is CCC(C)(N)c1ccc(O)c(Br)c1. The second-order valence-electron chi connectivity index (χ2n) is 3.44. The predicted molar refractivity (Wildman–Crippen MR) is 57.6 cm³/mol. The number of aromatic hydroxyl groups is 1. The highest BCUT2D eigenvalue weighted by Gasteiger charge is 2.18. The standard InChI is InChI=1S/C10H14BrNO/c1-3-10(2,12)7-4-5-9(13)8(11)6-7/h4-6,13H,3,12H2,1-2H3. The molecule has 0 bridgehead atoms. The summed E-state index contributed by atoms with van der Waals surface area (Å²) in [6, 6.07) is 5.36. The highest BCUT2D eigenvalue weighted by atomic mass is 79.9. The Labute approximate surface area is 86.9 Å². The van der Waals surface area contributed by atoms with Crippen molar-refractivity contribution in [3.05, 3.63) is 28.2 Å². The lowest BCUT2D eigenvalue weighted by atomic mass is 9.91. The van der Waals surface area contributed by atoms with Gasteiger partial charge in [-0.1, -0.05) is 13.0 Å². The lowest BCUT2D eigenvalue weighted by Crippen LogP contribution is -2.31. The van der Waals surface area contributed by atoms with Crippen LogP contribution in [0.1, 0.15) is 25.8 Å². The first-order chi connectivity index (χ1) is 5.97. The monoisotopic (exact) mass is 243 g/mol. The predicted octanol–water partition coefficient (Wildman–Crippen LogP) is 2.74. The molecule has 1 unspecified atom stereocenters. The summed E-state index contributed by atoms with van der Waals surface area (Å²) in [5.41, 5.74) is 6.76. The Morgan fingerprint density at radius 3 is 2.62 bits per heavy atom. The quantitative estimate of drug-likeness (QED) is 0.840. The fourth-order valence-electron chi connectivity index (χ4n) is 1.07. The molecule has 72 valence electrons. The van der Waals surface area contributed by atoms with Crippen LogP contribution in [-0.2, 0) is 5.54 Å². The Morgan fingerprint density at radius 2 is 2.15 bits per heavy atom. The molecule has 0 aliphatic heterocycles. The lowest BCUT2D eigenvalue weighted by Gasteiger charge is -2.23. The van der Waals surface area contributed by atoms with Crippen molar-refractivity contribution in [2.24, 2.45) is 5.73 Å². The smallest absolute Gasteiger partial charge is 0.129 e. The van der Waals surface area contributed by atoms with Gasteiger partial charge in [0, 0.05) is 5.54 Å². The third kappa shape index (κ3) is 2.23. The van der Waals surface area contributed by atoms with Crippen LogP contribution in [0.5, 0.6) is 5.75 Å². The van der Waals surface area contributed by atoms with Gasteiger partial charge in [0.15, 0.2) is 0 Å². The van der Waals surface area contributed by atoms with Gasteiger partial charge in [-0.3, -0.25) is 0 Å². The van der Waals surface area contributed by atoms with Gasteiger partial charge in [-0.15, -0.1) is 0 Å². The zero-order chi connectivity index (χ0) is 10.1. The molecule has 13 heavy (non-hydrogen) atoms. The average molecular weight is 244 g/mol. The fraction of sp³-hybridized carbons (Fsp3) is 0.400. The van der Waals surface area contributed by atoms with Crippen LogP contribution in [0.4, 0.5) is 0 Å². The van der Waals surface area contributed by atoms with Crippen LogP contribution in [0.2, 0.25) is 0 Å². The summed E-state index contributed by atoms with van der Waals surface area (Å²) in [5.74, 6) is 0.246. The summed E-state index contributed by atoms with van der Waals surface area (Å²) in [4.78, 5) is 0. The summed E-state index contributed by atoms with van der Waals surface area (Å²) in [5, 5.41) is 9.29. The number of phenolic OH excluding ortho intramolecular Hbond substituents is 1. The van der Waals surface area contributed by atoms with Crippen LogP contribution >= 0.6 is 15.9 Å². The second-order valence-corrected chi connectivity index (χ2v) is 4.29. The van der Waals surface area contributed by atoms with Crippen molar-refractivity contribution in [3.63, 3.8) is 0 Å². The zero-order valence-electron chi connectivity index (χ0n) is 7.84. The molecule has 0 aliphatic carbocycles. The van der Waals surface area contributed by atoms with E-state index >= 15 is 0 Å². The molecule has 0 aromatic heterocycles. The largest absolute Gasteiger partial charge is 0.507 e. The minimum Gasteiger partial charge on any atom is -0.507 e. The number of rotatable bonds is 2. The maximum Gasteiger partial charge on any atom is 0.129 e. The molecule has 1 atom stereocenters. The van der Waals surface area contributed by atoms with Gasteiger partial charge in [-0.05, 0) is 47.0 Å². The Morgan fingerprint density at radius 1 is 1.54 bits per heavy atom. The minimum atomic E-state index is -0.323. The first-order valence-electron chi connectivity index (χ1n) is 4.25. The minimum absolute atomic E-state index is 0.246. The van der Waals surface area contributed by atoms with Crippen molar-refractivity contribution < 1.29 is 5.11 Å². The molecule has 2 nitrogen and oxygen atoms in total. The molecule has 1 aromatic carbocycles. The number of nitrogens with two attached hydrogens (primary N) is 1. The van der Waals surface area contributed by atoms with Crippen molar-refractivity contribution in [1.29, 1.82) is 0 Å². The molecule has 0 amide bonds. The maximum absolute atomic E-state index is 9.29. The molecule has 0 spiro atoms. The van der Waals surface area contributed by atoms with E-state index in [1.165, 1.54) is 0 Å². The Balaban J connectivity index is 3.10. The lowest BCUT2D eigenvalue weighted by molar-refractivity contribution is 0.461. The first kappa shape index (κ1) is 10.5. The topological polar surface area (TPSA) is 46.2 Å². The Hall–Kier alpha value is -0.540. The molecule has 0 saturated heterocycles. The fourth-order valence-corrected chi connectivity index (χ4v) is 1.45. The molecule has 3 heteroatoms. The van der Waals surface area contributed by atoms with Crippen LogP contribution < -0.4 is 5.73 Å². The van der Waals surface area contributed by atoms with Gasteiger partial charge >= 0.3 is 0 Å². The van der Waals surface area contributed by atoms with E-state index in [9.17, 15) is 5.11 Å². The molecule has 0 radical (unpaired) electrons. The highest BCUT2D eigenvalue weighted by molar-refractivity contribution is 9.10. The van der Waals surface area contributed by atoms with E-state index in [0.717, 1.165) is 12.0 Å². The van der Waals surface area contributed by atoms with E-state index in [2.05, 4.69) is 15.9 Å². The molecule has 1 aromatic rings. The van der Waals surface area contributed by atoms with Gasteiger partial charge in [0.25, 0.3) is 0 Å². The van der Waals surface area contributed by atoms with Crippen LogP contribution in [0.15, 0.2) is 22.7 Å². The normalized spacial score (nSPS) is 15.4. The Bertz CT molecular complexity index is 310. The van der Waals surface area contributed by atoms with E-state index in [1.807, 2.05) is 26.0 Å². The van der Waals surface area contributed by atoms with E-state index in [4.69, 9.17) is 5.73 Å². The molecule has 0 saturated carbocycles. The molecule has 0 aliphatic rings. The van der Waals surface area contributed by atoms with Crippen molar-refractivity contribution in [2.75, 3.05) is 0 Å². The van der Waals surface area contributed by atoms with Gasteiger partial charge in [0.1, 0.15) is 5.75 Å². The Kier molecular flexibility index (Phi) is 2.98. The first-order valence-corrected chi connectivity index (χ1v) is 5.04. The summed E-state index contributed by atoms with van der Waals surface area (Å²) < 4.78 is 0.690. The van der Waals surface area contributed by atoms with Crippen LogP contribution in [0.3, 0.4) is 0 Å². The van der Waals surface area contributed by atoms with Gasteiger partial charge in [-0.2, -0.15) is 0 Å². The number of halogens is 1. The van der Waals surface area contributed by atoms with E-state index < -0.39 is 0 Å². The number of phenols is 1. The van der Waals surface area contributed by atoms with Gasteiger partial charge < -0.3 is 10.8 Å². The zero-order valence-corrected chi connectivity index (χ0v) is 9.43. The van der Waals surface area contributed by atoms with E-state index in [1.54, 1.807) is 6.07 Å². The van der Waals surface area contributed by atoms with Crippen molar-refractivity contribution in [3.8, 4) is 5.75 Å². The van der Waals surface area contributed by atoms with Crippen LogP contribution in [0, 0.1) is 0 Å². The molecule has 1 rings (SSSR count). The summed E-state index contributed by atoms with van der Waals surface area (Å²) >= 11 is 3.26. The highest BCUT2D eigenvalue weighted by Crippen LogP contribution is 2.29. The maximum atomic E-state index is 9.29. The van der Waals surface area contributed by atoms with E-state index in [0.29, 0.717) is 4.47 Å². The van der Waals surface area contributed by atoms with E-state index in [-0.39, 0.29) is 11.3 Å². The number of hydrogen-bond acceptors (Lipinski definition) is 2. The van der Waals surface area contributed by atoms with Crippen LogP contribution in [-0.4, -0.2) is 5.11 Å². The third-order valence-corrected chi connectivity index (χ3v) is 2.98. The molecule has 0 heterocycles. The van der Waals surface area contributed by atoms with Gasteiger partial charge in [0.05, 0.1) is 4.47 Å². The number of benzene rings is 1. The number of hydrogen-bond donors (Lipinski definition) is 2. The third-order valence-electron chi connectivity index (χ3n) is 2.34. The second kappa shape index (κ2) is 3.68. The van der Waals surface area contributed by atoms with Gasteiger partial charge in [0.2, 0.25) is 0 Å². The average Bonchev–Trinajstić information content (AvgIpc) is 2.09. The summed E-state index contributed by atoms with van der Waals surface area (Å²) in [7, 11) is 0. The summed E-state index contributed by atoms with van der Waals surface area (Å²) in [6.45, 7) is 4.02. The van der Waals surface area contributed by atoms with Crippen LogP contribution in [0.25, 0.3) is 0 Å². The molecule has 0 fully saturated rings. The van der Waals surface area contributed by atoms with Crippen molar-refractivity contribution >= 4 is 15.9 Å².